The molecule has 0 radical (unpaired) electrons. The van der Waals surface area contributed by atoms with Gasteiger partial charge in [-0.25, -0.2) is 0 Å². The van der Waals surface area contributed by atoms with E-state index in [0.29, 0.717) is 23.1 Å². The molecule has 1 heterocycles. The summed E-state index contributed by atoms with van der Waals surface area (Å²) in [6.45, 7) is 1.71. The SMILES string of the molecule is COc1ccc(NC(=O)CSc2nnc(C[C@H](C)O)n2-c2ccccc2)cc1. The molecular weight excluding hydrogens is 376 g/mol. The molecule has 3 aromatic rings. The van der Waals surface area contributed by atoms with Gasteiger partial charge in [0.2, 0.25) is 5.91 Å². The summed E-state index contributed by atoms with van der Waals surface area (Å²) >= 11 is 1.30. The van der Waals surface area contributed by atoms with Crippen molar-refractivity contribution in [2.45, 2.75) is 24.6 Å². The monoisotopic (exact) mass is 398 g/mol. The quantitative estimate of drug-likeness (QED) is 0.567. The number of aliphatic hydroxyl groups is 1. The third kappa shape index (κ3) is 5.11. The van der Waals surface area contributed by atoms with Gasteiger partial charge in [0.1, 0.15) is 11.6 Å². The van der Waals surface area contributed by atoms with Gasteiger partial charge in [-0.3, -0.25) is 9.36 Å². The summed E-state index contributed by atoms with van der Waals surface area (Å²) < 4.78 is 6.98. The summed E-state index contributed by atoms with van der Waals surface area (Å²) in [7, 11) is 1.60. The lowest BCUT2D eigenvalue weighted by atomic mass is 10.2. The average Bonchev–Trinajstić information content (AvgIpc) is 3.09. The van der Waals surface area contributed by atoms with Crippen molar-refractivity contribution in [3.63, 3.8) is 0 Å². The van der Waals surface area contributed by atoms with E-state index in [9.17, 15) is 9.90 Å². The lowest BCUT2D eigenvalue weighted by molar-refractivity contribution is -0.113. The molecule has 0 fully saturated rings. The lowest BCUT2D eigenvalue weighted by Gasteiger charge is -2.11. The van der Waals surface area contributed by atoms with Crippen molar-refractivity contribution in [3.05, 3.63) is 60.4 Å². The fraction of sp³-hybridized carbons (Fsp3) is 0.250. The summed E-state index contributed by atoms with van der Waals surface area (Å²) in [6.07, 6.45) is -0.164. The van der Waals surface area contributed by atoms with Crippen molar-refractivity contribution in [2.75, 3.05) is 18.2 Å². The van der Waals surface area contributed by atoms with Gasteiger partial charge in [0.05, 0.1) is 19.0 Å². The minimum Gasteiger partial charge on any atom is -0.497 e. The van der Waals surface area contributed by atoms with Crippen LogP contribution in [0.25, 0.3) is 5.69 Å². The number of para-hydroxylation sites is 1. The molecule has 0 aliphatic heterocycles. The minimum absolute atomic E-state index is 0.144. The number of hydrogen-bond acceptors (Lipinski definition) is 6. The number of anilines is 1. The molecule has 0 unspecified atom stereocenters. The van der Waals surface area contributed by atoms with Crippen LogP contribution in [0.5, 0.6) is 5.75 Å². The molecule has 8 heteroatoms. The number of hydrogen-bond donors (Lipinski definition) is 2. The minimum atomic E-state index is -0.539. The van der Waals surface area contributed by atoms with Crippen LogP contribution < -0.4 is 10.1 Å². The second kappa shape index (κ2) is 9.38. The van der Waals surface area contributed by atoms with Crippen molar-refractivity contribution in [1.29, 1.82) is 0 Å². The van der Waals surface area contributed by atoms with Gasteiger partial charge in [0.15, 0.2) is 5.16 Å². The van der Waals surface area contributed by atoms with Gasteiger partial charge in [0.25, 0.3) is 0 Å². The van der Waals surface area contributed by atoms with Crippen molar-refractivity contribution < 1.29 is 14.6 Å². The van der Waals surface area contributed by atoms with Crippen molar-refractivity contribution in [3.8, 4) is 11.4 Å². The van der Waals surface area contributed by atoms with E-state index in [4.69, 9.17) is 4.74 Å². The second-order valence-electron chi connectivity index (χ2n) is 6.19. The Morgan fingerprint density at radius 1 is 1.18 bits per heavy atom. The third-order valence-electron chi connectivity index (χ3n) is 3.90. The molecule has 0 spiro atoms. The molecule has 1 amide bonds. The Balaban J connectivity index is 1.71. The Morgan fingerprint density at radius 3 is 2.54 bits per heavy atom. The zero-order valence-electron chi connectivity index (χ0n) is 15.7. The van der Waals surface area contributed by atoms with Crippen LogP contribution in [0.4, 0.5) is 5.69 Å². The van der Waals surface area contributed by atoms with Gasteiger partial charge in [-0.15, -0.1) is 10.2 Å². The first-order valence-electron chi connectivity index (χ1n) is 8.81. The second-order valence-corrected chi connectivity index (χ2v) is 7.13. The maximum atomic E-state index is 12.3. The number of amides is 1. The number of ether oxygens (including phenoxy) is 1. The maximum Gasteiger partial charge on any atom is 0.234 e. The van der Waals surface area contributed by atoms with Crippen LogP contribution in [0.15, 0.2) is 59.8 Å². The standard InChI is InChI=1S/C20H22N4O3S/c1-14(25)12-18-22-23-20(24(18)16-6-4-3-5-7-16)28-13-19(26)21-15-8-10-17(27-2)11-9-15/h3-11,14,25H,12-13H2,1-2H3,(H,21,26)/t14-/m0/s1. The highest BCUT2D eigenvalue weighted by Gasteiger charge is 2.17. The van der Waals surface area contributed by atoms with E-state index in [1.807, 2.05) is 34.9 Å². The van der Waals surface area contributed by atoms with Crippen LogP contribution >= 0.6 is 11.8 Å². The van der Waals surface area contributed by atoms with Crippen molar-refractivity contribution in [2.24, 2.45) is 0 Å². The molecule has 146 valence electrons. The zero-order chi connectivity index (χ0) is 19.9. The Bertz CT molecular complexity index is 911. The predicted octanol–water partition coefficient (Wildman–Crippen LogP) is 2.93. The Kier molecular flexibility index (Phi) is 6.67. The maximum absolute atomic E-state index is 12.3. The molecule has 28 heavy (non-hydrogen) atoms. The molecule has 2 N–H and O–H groups in total. The number of methoxy groups -OCH3 is 1. The van der Waals surface area contributed by atoms with Gasteiger partial charge in [-0.1, -0.05) is 30.0 Å². The van der Waals surface area contributed by atoms with Crippen LogP contribution in [0, 0.1) is 0 Å². The predicted molar refractivity (Wildman–Crippen MR) is 109 cm³/mol. The first kappa shape index (κ1) is 19.9. The Hall–Kier alpha value is -2.84. The van der Waals surface area contributed by atoms with E-state index in [2.05, 4.69) is 15.5 Å². The van der Waals surface area contributed by atoms with Gasteiger partial charge >= 0.3 is 0 Å². The van der Waals surface area contributed by atoms with E-state index < -0.39 is 6.10 Å². The van der Waals surface area contributed by atoms with E-state index in [-0.39, 0.29) is 11.7 Å². The fourth-order valence-corrected chi connectivity index (χ4v) is 3.40. The van der Waals surface area contributed by atoms with E-state index in [1.54, 1.807) is 38.3 Å². The number of aliphatic hydroxyl groups excluding tert-OH is 1. The topological polar surface area (TPSA) is 89.3 Å². The number of aromatic nitrogens is 3. The molecule has 2 aromatic carbocycles. The normalized spacial score (nSPS) is 11.8. The summed E-state index contributed by atoms with van der Waals surface area (Å²) in [5, 5.41) is 21.6. The van der Waals surface area contributed by atoms with Crippen LogP contribution in [-0.2, 0) is 11.2 Å². The Labute approximate surface area is 167 Å². The lowest BCUT2D eigenvalue weighted by Crippen LogP contribution is -2.15. The van der Waals surface area contributed by atoms with Gasteiger partial charge in [-0.05, 0) is 43.3 Å². The Morgan fingerprint density at radius 2 is 1.89 bits per heavy atom. The molecule has 0 saturated heterocycles. The van der Waals surface area contributed by atoms with Crippen LogP contribution in [0.3, 0.4) is 0 Å². The van der Waals surface area contributed by atoms with Crippen molar-refractivity contribution >= 4 is 23.4 Å². The van der Waals surface area contributed by atoms with Gasteiger partial charge < -0.3 is 15.2 Å². The molecular formula is C20H22N4O3S. The van der Waals surface area contributed by atoms with Crippen molar-refractivity contribution in [1.82, 2.24) is 14.8 Å². The first-order chi connectivity index (χ1) is 13.6. The molecule has 1 atom stereocenters. The van der Waals surface area contributed by atoms with Crippen LogP contribution in [0.2, 0.25) is 0 Å². The zero-order valence-corrected chi connectivity index (χ0v) is 16.5. The van der Waals surface area contributed by atoms with E-state index in [0.717, 1.165) is 11.4 Å². The van der Waals surface area contributed by atoms with Crippen LogP contribution in [-0.4, -0.2) is 44.7 Å². The molecule has 3 rings (SSSR count). The molecule has 0 aliphatic carbocycles. The van der Waals surface area contributed by atoms with Crippen LogP contribution in [0.1, 0.15) is 12.7 Å². The summed E-state index contributed by atoms with van der Waals surface area (Å²) in [4.78, 5) is 12.3. The largest absolute Gasteiger partial charge is 0.497 e. The summed E-state index contributed by atoms with van der Waals surface area (Å²) in [5.74, 6) is 1.43. The molecule has 0 bridgehead atoms. The molecule has 0 saturated carbocycles. The van der Waals surface area contributed by atoms with Gasteiger partial charge in [0, 0.05) is 17.8 Å². The number of nitrogens with zero attached hydrogens (tertiary/aromatic N) is 3. The number of rotatable bonds is 8. The molecule has 7 nitrogen and oxygen atoms in total. The number of benzene rings is 2. The third-order valence-corrected chi connectivity index (χ3v) is 4.83. The number of carbonyl (C=O) groups is 1. The highest BCUT2D eigenvalue weighted by Crippen LogP contribution is 2.23. The average molecular weight is 398 g/mol. The highest BCUT2D eigenvalue weighted by atomic mass is 32.2. The molecule has 0 aliphatic rings. The fourth-order valence-electron chi connectivity index (χ4n) is 2.63. The smallest absolute Gasteiger partial charge is 0.234 e. The highest BCUT2D eigenvalue weighted by molar-refractivity contribution is 7.99. The number of carbonyl (C=O) groups excluding carboxylic acids is 1. The van der Waals surface area contributed by atoms with E-state index in [1.165, 1.54) is 11.8 Å². The molecule has 1 aromatic heterocycles. The number of nitrogens with one attached hydrogen (secondary N) is 1. The number of thioether (sulfide) groups is 1. The summed E-state index contributed by atoms with van der Waals surface area (Å²) in [6, 6.07) is 16.8. The van der Waals surface area contributed by atoms with E-state index >= 15 is 0 Å². The summed E-state index contributed by atoms with van der Waals surface area (Å²) in [5.41, 5.74) is 1.59. The van der Waals surface area contributed by atoms with Gasteiger partial charge in [-0.2, -0.15) is 0 Å². The first-order valence-corrected chi connectivity index (χ1v) is 9.80.